The highest BCUT2D eigenvalue weighted by Gasteiger charge is 2.12. The molecule has 0 aliphatic rings. The lowest BCUT2D eigenvalue weighted by Crippen LogP contribution is -2.26. The summed E-state index contributed by atoms with van der Waals surface area (Å²) in [5.74, 6) is -0.221. The van der Waals surface area contributed by atoms with Gasteiger partial charge in [0.1, 0.15) is 0 Å². The van der Waals surface area contributed by atoms with E-state index in [0.717, 1.165) is 5.56 Å². The Morgan fingerprint density at radius 1 is 1.15 bits per heavy atom. The second-order valence-electron chi connectivity index (χ2n) is 5.34. The summed E-state index contributed by atoms with van der Waals surface area (Å²) in [7, 11) is 1.44. The molecule has 0 spiro atoms. The van der Waals surface area contributed by atoms with Crippen molar-refractivity contribution in [1.82, 2.24) is 5.32 Å². The van der Waals surface area contributed by atoms with Crippen molar-refractivity contribution in [3.8, 4) is 11.5 Å². The maximum Gasteiger partial charge on any atom is 0.255 e. The van der Waals surface area contributed by atoms with Gasteiger partial charge in [0.05, 0.1) is 17.2 Å². The first-order chi connectivity index (χ1) is 12.4. The minimum Gasteiger partial charge on any atom is -0.493 e. The average Bonchev–Trinajstić information content (AvgIpc) is 2.63. The Bertz CT molecular complexity index is 812. The molecule has 3 N–H and O–H groups in total. The minimum atomic E-state index is -0.603. The highest BCUT2D eigenvalue weighted by atomic mass is 35.5. The first-order valence-electron chi connectivity index (χ1n) is 7.72. The number of nitrogens with two attached hydrogens (primary N) is 1. The second-order valence-corrected chi connectivity index (χ2v) is 6.12. The second kappa shape index (κ2) is 9.31. The quantitative estimate of drug-likeness (QED) is 0.717. The number of ether oxygens (including phenoxy) is 2. The fourth-order valence-electron chi connectivity index (χ4n) is 2.23. The molecule has 0 radical (unpaired) electrons. The lowest BCUT2D eigenvalue weighted by atomic mass is 10.1. The third-order valence-corrected chi connectivity index (χ3v) is 4.37. The van der Waals surface area contributed by atoms with Gasteiger partial charge in [-0.05, 0) is 36.2 Å². The van der Waals surface area contributed by atoms with Crippen LogP contribution in [0.1, 0.15) is 15.9 Å². The Morgan fingerprint density at radius 3 is 2.62 bits per heavy atom. The summed E-state index contributed by atoms with van der Waals surface area (Å²) in [5, 5.41) is 3.77. The molecule has 0 saturated carbocycles. The number of hydrogen-bond donors (Lipinski definition) is 2. The highest BCUT2D eigenvalue weighted by molar-refractivity contribution is 6.42. The van der Waals surface area contributed by atoms with Gasteiger partial charge in [0.15, 0.2) is 18.1 Å². The maximum atomic E-state index is 12.3. The van der Waals surface area contributed by atoms with E-state index in [0.29, 0.717) is 40.1 Å². The monoisotopic (exact) mass is 396 g/mol. The van der Waals surface area contributed by atoms with E-state index in [9.17, 15) is 9.59 Å². The third-order valence-electron chi connectivity index (χ3n) is 3.51. The molecular formula is C18H18Cl2N2O4. The van der Waals surface area contributed by atoms with Crippen molar-refractivity contribution < 1.29 is 19.1 Å². The number of nitrogens with one attached hydrogen (secondary N) is 1. The van der Waals surface area contributed by atoms with Crippen molar-refractivity contribution in [2.75, 3.05) is 20.3 Å². The van der Waals surface area contributed by atoms with Gasteiger partial charge < -0.3 is 20.5 Å². The minimum absolute atomic E-state index is 0.275. The van der Waals surface area contributed by atoms with Crippen LogP contribution in [0.2, 0.25) is 10.0 Å². The van der Waals surface area contributed by atoms with Crippen molar-refractivity contribution in [2.24, 2.45) is 5.73 Å². The maximum absolute atomic E-state index is 12.3. The van der Waals surface area contributed by atoms with Crippen LogP contribution in [0.15, 0.2) is 36.4 Å². The number of benzene rings is 2. The lowest BCUT2D eigenvalue weighted by molar-refractivity contribution is -0.119. The molecule has 0 bridgehead atoms. The molecule has 26 heavy (non-hydrogen) atoms. The van der Waals surface area contributed by atoms with E-state index >= 15 is 0 Å². The molecule has 2 rings (SSSR count). The van der Waals surface area contributed by atoms with E-state index < -0.39 is 5.91 Å². The van der Waals surface area contributed by atoms with Crippen LogP contribution in [0.3, 0.4) is 0 Å². The molecule has 0 aliphatic carbocycles. The molecule has 0 atom stereocenters. The SMILES string of the molecule is COc1cc(C(=O)NCCc2cccc(Cl)c2Cl)ccc1OCC(N)=O. The first kappa shape index (κ1) is 19.9. The van der Waals surface area contributed by atoms with Crippen molar-refractivity contribution in [2.45, 2.75) is 6.42 Å². The van der Waals surface area contributed by atoms with Gasteiger partial charge in [-0.2, -0.15) is 0 Å². The van der Waals surface area contributed by atoms with Gasteiger partial charge in [-0.25, -0.2) is 0 Å². The number of halogens is 2. The van der Waals surface area contributed by atoms with Gasteiger partial charge in [0, 0.05) is 12.1 Å². The summed E-state index contributed by atoms with van der Waals surface area (Å²) in [4.78, 5) is 23.1. The van der Waals surface area contributed by atoms with Crippen LogP contribution in [0.25, 0.3) is 0 Å². The van der Waals surface area contributed by atoms with Crippen LogP contribution in [0.5, 0.6) is 11.5 Å². The lowest BCUT2D eigenvalue weighted by Gasteiger charge is -2.12. The molecule has 6 nitrogen and oxygen atoms in total. The molecule has 0 aliphatic heterocycles. The zero-order valence-corrected chi connectivity index (χ0v) is 15.6. The molecular weight excluding hydrogens is 379 g/mol. The van der Waals surface area contributed by atoms with Crippen molar-refractivity contribution >= 4 is 35.0 Å². The molecule has 0 heterocycles. The highest BCUT2D eigenvalue weighted by Crippen LogP contribution is 2.28. The molecule has 2 amide bonds. The Labute approximate surface area is 161 Å². The van der Waals surface area contributed by atoms with Crippen molar-refractivity contribution in [3.63, 3.8) is 0 Å². The van der Waals surface area contributed by atoms with E-state index in [-0.39, 0.29) is 12.5 Å². The molecule has 138 valence electrons. The molecule has 2 aromatic rings. The summed E-state index contributed by atoms with van der Waals surface area (Å²) in [6.45, 7) is 0.115. The number of methoxy groups -OCH3 is 1. The van der Waals surface area contributed by atoms with Crippen molar-refractivity contribution in [3.05, 3.63) is 57.6 Å². The normalized spacial score (nSPS) is 10.3. The summed E-state index contributed by atoms with van der Waals surface area (Å²) >= 11 is 12.1. The number of primary amides is 1. The average molecular weight is 397 g/mol. The largest absolute Gasteiger partial charge is 0.493 e. The van der Waals surface area contributed by atoms with Crippen molar-refractivity contribution in [1.29, 1.82) is 0 Å². The van der Waals surface area contributed by atoms with Crippen LogP contribution in [0, 0.1) is 0 Å². The van der Waals surface area contributed by atoms with E-state index in [1.165, 1.54) is 13.2 Å². The number of rotatable bonds is 8. The first-order valence-corrected chi connectivity index (χ1v) is 8.48. The van der Waals surface area contributed by atoms with Gasteiger partial charge in [-0.1, -0.05) is 35.3 Å². The summed E-state index contributed by atoms with van der Waals surface area (Å²) < 4.78 is 10.4. The van der Waals surface area contributed by atoms with Gasteiger partial charge >= 0.3 is 0 Å². The molecule has 0 unspecified atom stereocenters. The molecule has 0 fully saturated rings. The molecule has 0 saturated heterocycles. The van der Waals surface area contributed by atoms with Gasteiger partial charge in [0.2, 0.25) is 0 Å². The number of carbonyl (C=O) groups is 2. The van der Waals surface area contributed by atoms with E-state index in [2.05, 4.69) is 5.32 Å². The topological polar surface area (TPSA) is 90.7 Å². The number of hydrogen-bond acceptors (Lipinski definition) is 4. The van der Waals surface area contributed by atoms with E-state index in [1.807, 2.05) is 6.07 Å². The van der Waals surface area contributed by atoms with Crippen LogP contribution >= 0.6 is 23.2 Å². The molecule has 8 heteroatoms. The smallest absolute Gasteiger partial charge is 0.255 e. The van der Waals surface area contributed by atoms with Gasteiger partial charge in [-0.15, -0.1) is 0 Å². The Morgan fingerprint density at radius 2 is 1.92 bits per heavy atom. The third kappa shape index (κ3) is 5.28. The van der Waals surface area contributed by atoms with Crippen LogP contribution in [-0.2, 0) is 11.2 Å². The summed E-state index contributed by atoms with van der Waals surface area (Å²) in [6.07, 6.45) is 0.544. The Hall–Kier alpha value is -2.44. The predicted molar refractivity (Wildman–Crippen MR) is 100 cm³/mol. The fourth-order valence-corrected chi connectivity index (χ4v) is 2.65. The Kier molecular flexibility index (Phi) is 7.12. The predicted octanol–water partition coefficient (Wildman–Crippen LogP) is 2.84. The number of carbonyl (C=O) groups excluding carboxylic acids is 2. The summed E-state index contributed by atoms with van der Waals surface area (Å²) in [6, 6.07) is 10.0. The molecule has 2 aromatic carbocycles. The van der Waals surface area contributed by atoms with Crippen LogP contribution in [-0.4, -0.2) is 32.1 Å². The summed E-state index contributed by atoms with van der Waals surface area (Å²) in [5.41, 5.74) is 6.29. The number of amides is 2. The van der Waals surface area contributed by atoms with Crippen LogP contribution in [0.4, 0.5) is 0 Å². The zero-order valence-electron chi connectivity index (χ0n) is 14.1. The van der Waals surface area contributed by atoms with E-state index in [4.69, 9.17) is 38.4 Å². The molecule has 0 aromatic heterocycles. The van der Waals surface area contributed by atoms with Gasteiger partial charge in [0.25, 0.3) is 11.8 Å². The Balaban J connectivity index is 1.98. The standard InChI is InChI=1S/C18H18Cl2N2O4/c1-25-15-9-12(5-6-14(15)26-10-16(21)23)18(24)22-8-7-11-3-2-4-13(19)17(11)20/h2-6,9H,7-8,10H2,1H3,(H2,21,23)(H,22,24). The van der Waals surface area contributed by atoms with Crippen LogP contribution < -0.4 is 20.5 Å². The van der Waals surface area contributed by atoms with Gasteiger partial charge in [-0.3, -0.25) is 9.59 Å². The zero-order chi connectivity index (χ0) is 19.1. The fraction of sp³-hybridized carbons (Fsp3) is 0.222. The van der Waals surface area contributed by atoms with E-state index in [1.54, 1.807) is 24.3 Å².